The molecule has 18 heavy (non-hydrogen) atoms. The number of carbonyl (C=O) groups excluding carboxylic acids is 2. The lowest BCUT2D eigenvalue weighted by Crippen LogP contribution is -2.16. The Balaban J connectivity index is 2.67. The molecular formula is C14H17NO3. The molecule has 4 nitrogen and oxygen atoms in total. The van der Waals surface area contributed by atoms with E-state index in [0.717, 1.165) is 0 Å². The third kappa shape index (κ3) is 4.05. The molecule has 2 N–H and O–H groups in total. The summed E-state index contributed by atoms with van der Waals surface area (Å²) in [7, 11) is 1.33. The van der Waals surface area contributed by atoms with Crippen molar-refractivity contribution in [3.63, 3.8) is 0 Å². The predicted octanol–water partition coefficient (Wildman–Crippen LogP) is 1.91. The van der Waals surface area contributed by atoms with Crippen LogP contribution in [0.3, 0.4) is 0 Å². The van der Waals surface area contributed by atoms with Gasteiger partial charge in [-0.3, -0.25) is 9.59 Å². The summed E-state index contributed by atoms with van der Waals surface area (Å²) < 4.78 is 4.60. The van der Waals surface area contributed by atoms with Gasteiger partial charge >= 0.3 is 5.97 Å². The number of benzene rings is 1. The molecule has 0 aliphatic carbocycles. The summed E-state index contributed by atoms with van der Waals surface area (Å²) in [6.07, 6.45) is 1.67. The van der Waals surface area contributed by atoms with Crippen LogP contribution in [-0.4, -0.2) is 18.9 Å². The first-order valence-corrected chi connectivity index (χ1v) is 5.68. The van der Waals surface area contributed by atoms with Gasteiger partial charge in [0.15, 0.2) is 5.78 Å². The van der Waals surface area contributed by atoms with Crippen LogP contribution in [0.2, 0.25) is 0 Å². The van der Waals surface area contributed by atoms with Gasteiger partial charge in [-0.1, -0.05) is 37.3 Å². The van der Waals surface area contributed by atoms with Crippen LogP contribution in [-0.2, 0) is 9.53 Å². The van der Waals surface area contributed by atoms with Gasteiger partial charge in [0.1, 0.15) is 0 Å². The molecule has 0 fully saturated rings. The van der Waals surface area contributed by atoms with Gasteiger partial charge < -0.3 is 10.5 Å². The Bertz CT molecular complexity index is 451. The number of methoxy groups -OCH3 is 1. The fourth-order valence-electron chi connectivity index (χ4n) is 1.55. The molecule has 96 valence electrons. The fraction of sp³-hybridized carbons (Fsp3) is 0.286. The highest BCUT2D eigenvalue weighted by atomic mass is 16.5. The average molecular weight is 247 g/mol. The lowest BCUT2D eigenvalue weighted by atomic mass is 10.0. The van der Waals surface area contributed by atoms with Crippen LogP contribution in [0.25, 0.3) is 0 Å². The van der Waals surface area contributed by atoms with Crippen molar-refractivity contribution in [2.45, 2.75) is 13.3 Å². The van der Waals surface area contributed by atoms with E-state index in [1.54, 1.807) is 31.2 Å². The van der Waals surface area contributed by atoms with Crippen molar-refractivity contribution in [2.24, 2.45) is 11.7 Å². The summed E-state index contributed by atoms with van der Waals surface area (Å²) in [6.45, 7) is 1.71. The van der Waals surface area contributed by atoms with Crippen LogP contribution >= 0.6 is 0 Å². The Morgan fingerprint density at radius 1 is 1.33 bits per heavy atom. The number of ether oxygens (including phenoxy) is 1. The maximum Gasteiger partial charge on any atom is 0.308 e. The summed E-state index contributed by atoms with van der Waals surface area (Å²) >= 11 is 0. The van der Waals surface area contributed by atoms with Crippen LogP contribution in [0.15, 0.2) is 42.1 Å². The minimum atomic E-state index is -0.352. The van der Waals surface area contributed by atoms with Crippen molar-refractivity contribution in [1.82, 2.24) is 0 Å². The molecule has 0 heterocycles. The number of ketones is 1. The van der Waals surface area contributed by atoms with Crippen molar-refractivity contribution in [3.05, 3.63) is 47.7 Å². The van der Waals surface area contributed by atoms with Crippen LogP contribution in [0.5, 0.6) is 0 Å². The Morgan fingerprint density at radius 2 is 1.94 bits per heavy atom. The van der Waals surface area contributed by atoms with Crippen molar-refractivity contribution in [3.8, 4) is 0 Å². The van der Waals surface area contributed by atoms with E-state index >= 15 is 0 Å². The van der Waals surface area contributed by atoms with E-state index in [-0.39, 0.29) is 17.7 Å². The normalized spacial score (nSPS) is 12.9. The number of hydrogen-bond acceptors (Lipinski definition) is 4. The first kappa shape index (κ1) is 14.0. The van der Waals surface area contributed by atoms with Crippen LogP contribution in [0, 0.1) is 5.92 Å². The first-order valence-electron chi connectivity index (χ1n) is 5.68. The molecule has 0 saturated carbocycles. The van der Waals surface area contributed by atoms with Crippen molar-refractivity contribution < 1.29 is 14.3 Å². The summed E-state index contributed by atoms with van der Waals surface area (Å²) in [5, 5.41) is 0. The first-order chi connectivity index (χ1) is 8.54. The van der Waals surface area contributed by atoms with Gasteiger partial charge in [0.25, 0.3) is 0 Å². The van der Waals surface area contributed by atoms with Gasteiger partial charge in [0, 0.05) is 23.8 Å². The zero-order valence-electron chi connectivity index (χ0n) is 10.6. The van der Waals surface area contributed by atoms with E-state index in [2.05, 4.69) is 4.74 Å². The minimum Gasteiger partial charge on any atom is -0.469 e. The second kappa shape index (κ2) is 6.59. The van der Waals surface area contributed by atoms with Crippen LogP contribution in [0.1, 0.15) is 23.7 Å². The second-order valence-electron chi connectivity index (χ2n) is 4.08. The van der Waals surface area contributed by atoms with Gasteiger partial charge in [-0.05, 0) is 0 Å². The van der Waals surface area contributed by atoms with Gasteiger partial charge in [-0.25, -0.2) is 0 Å². The summed E-state index contributed by atoms with van der Waals surface area (Å²) in [5.41, 5.74) is 6.69. The smallest absolute Gasteiger partial charge is 0.308 e. The van der Waals surface area contributed by atoms with E-state index < -0.39 is 0 Å². The number of carbonyl (C=O) groups is 2. The third-order valence-corrected chi connectivity index (χ3v) is 2.52. The van der Waals surface area contributed by atoms with Gasteiger partial charge in [0.2, 0.25) is 0 Å². The molecule has 1 aromatic rings. The molecule has 4 heteroatoms. The monoisotopic (exact) mass is 247 g/mol. The lowest BCUT2D eigenvalue weighted by molar-refractivity contribution is -0.144. The predicted molar refractivity (Wildman–Crippen MR) is 68.8 cm³/mol. The van der Waals surface area contributed by atoms with E-state index in [0.29, 0.717) is 17.7 Å². The molecule has 1 rings (SSSR count). The topological polar surface area (TPSA) is 69.4 Å². The molecule has 0 saturated heterocycles. The van der Waals surface area contributed by atoms with Gasteiger partial charge in [0.05, 0.1) is 13.0 Å². The number of hydrogen-bond donors (Lipinski definition) is 1. The molecule has 1 aromatic carbocycles. The van der Waals surface area contributed by atoms with Gasteiger partial charge in [-0.15, -0.1) is 0 Å². The van der Waals surface area contributed by atoms with E-state index in [9.17, 15) is 9.59 Å². The molecule has 0 aliphatic rings. The van der Waals surface area contributed by atoms with E-state index in [1.807, 2.05) is 6.07 Å². The Hall–Kier alpha value is -2.10. The molecule has 0 amide bonds. The Kier molecular flexibility index (Phi) is 5.11. The lowest BCUT2D eigenvalue weighted by Gasteiger charge is -2.08. The highest BCUT2D eigenvalue weighted by Crippen LogP contribution is 2.10. The molecular weight excluding hydrogens is 230 g/mol. The van der Waals surface area contributed by atoms with Crippen LogP contribution < -0.4 is 5.73 Å². The van der Waals surface area contributed by atoms with E-state index in [4.69, 9.17) is 5.73 Å². The van der Waals surface area contributed by atoms with Crippen LogP contribution in [0.4, 0.5) is 0 Å². The highest BCUT2D eigenvalue weighted by molar-refractivity contribution is 6.04. The van der Waals surface area contributed by atoms with Crippen molar-refractivity contribution in [2.75, 3.05) is 7.11 Å². The molecule has 1 unspecified atom stereocenters. The minimum absolute atomic E-state index is 0.162. The summed E-state index contributed by atoms with van der Waals surface area (Å²) in [5.74, 6) is -0.849. The molecule has 0 radical (unpaired) electrons. The standard InChI is InChI=1S/C14H17NO3/c1-10(14(17)18-2)8-12(15)9-13(16)11-6-4-3-5-7-11/h3-7,9-10H,8,15H2,1-2H3. The molecule has 0 aliphatic heterocycles. The van der Waals surface area contributed by atoms with Crippen molar-refractivity contribution in [1.29, 1.82) is 0 Å². The second-order valence-corrected chi connectivity index (χ2v) is 4.08. The van der Waals surface area contributed by atoms with Crippen molar-refractivity contribution >= 4 is 11.8 Å². The Morgan fingerprint density at radius 3 is 2.50 bits per heavy atom. The number of allylic oxidation sites excluding steroid dienone is 2. The molecule has 0 bridgehead atoms. The maximum absolute atomic E-state index is 11.8. The SMILES string of the molecule is COC(=O)C(C)CC(N)=CC(=O)c1ccccc1. The number of esters is 1. The largest absolute Gasteiger partial charge is 0.469 e. The summed E-state index contributed by atoms with van der Waals surface area (Å²) in [4.78, 5) is 23.0. The summed E-state index contributed by atoms with van der Waals surface area (Å²) in [6, 6.07) is 8.84. The zero-order valence-corrected chi connectivity index (χ0v) is 10.6. The fourth-order valence-corrected chi connectivity index (χ4v) is 1.55. The maximum atomic E-state index is 11.8. The Labute approximate surface area is 106 Å². The number of rotatable bonds is 5. The third-order valence-electron chi connectivity index (χ3n) is 2.52. The molecule has 0 aromatic heterocycles. The molecule has 1 atom stereocenters. The highest BCUT2D eigenvalue weighted by Gasteiger charge is 2.14. The zero-order chi connectivity index (χ0) is 13.5. The quantitative estimate of drug-likeness (QED) is 0.490. The average Bonchev–Trinajstić information content (AvgIpc) is 2.38. The van der Waals surface area contributed by atoms with E-state index in [1.165, 1.54) is 13.2 Å². The van der Waals surface area contributed by atoms with Gasteiger partial charge in [-0.2, -0.15) is 0 Å². The molecule has 0 spiro atoms. The number of nitrogens with two attached hydrogens (primary N) is 1.